The van der Waals surface area contributed by atoms with Gasteiger partial charge < -0.3 is 28.4 Å². The fourth-order valence-electron chi connectivity index (χ4n) is 2.72. The average Bonchev–Trinajstić information content (AvgIpc) is 2.68. The Morgan fingerprint density at radius 1 is 0.889 bits per heavy atom. The number of hydrogen-bond acceptors (Lipinski definition) is 6. The summed E-state index contributed by atoms with van der Waals surface area (Å²) in [5.74, 6) is 2.16. The molecule has 0 aliphatic rings. The van der Waals surface area contributed by atoms with Crippen LogP contribution in [0.15, 0.2) is 11.6 Å². The van der Waals surface area contributed by atoms with Crippen molar-refractivity contribution in [3.05, 3.63) is 22.8 Å². The van der Waals surface area contributed by atoms with Crippen LogP contribution in [0.5, 0.6) is 23.0 Å². The van der Waals surface area contributed by atoms with Crippen LogP contribution >= 0.6 is 22.6 Å². The fourth-order valence-corrected chi connectivity index (χ4v) is 3.11. The molecular formula is C20H31IO6. The second-order valence-corrected chi connectivity index (χ2v) is 7.06. The van der Waals surface area contributed by atoms with Crippen molar-refractivity contribution in [1.82, 2.24) is 0 Å². The van der Waals surface area contributed by atoms with Gasteiger partial charge in [-0.25, -0.2) is 0 Å². The first kappa shape index (κ1) is 23.8. The highest BCUT2D eigenvalue weighted by Gasteiger charge is 2.25. The predicted molar refractivity (Wildman–Crippen MR) is 115 cm³/mol. The van der Waals surface area contributed by atoms with Crippen molar-refractivity contribution in [3.8, 4) is 23.0 Å². The maximum absolute atomic E-state index is 5.86. The van der Waals surface area contributed by atoms with Crippen LogP contribution in [0.1, 0.15) is 30.9 Å². The molecule has 0 aliphatic heterocycles. The Balaban J connectivity index is 3.45. The molecule has 0 aromatic heterocycles. The maximum atomic E-state index is 5.86. The summed E-state index contributed by atoms with van der Waals surface area (Å²) in [5.41, 5.74) is 3.25. The van der Waals surface area contributed by atoms with Gasteiger partial charge in [-0.1, -0.05) is 34.2 Å². The summed E-state index contributed by atoms with van der Waals surface area (Å²) < 4.78 is 34.1. The molecule has 7 heteroatoms. The van der Waals surface area contributed by atoms with E-state index in [4.69, 9.17) is 28.4 Å². The molecule has 0 atom stereocenters. The number of hydrogen-bond donors (Lipinski definition) is 0. The molecule has 0 spiro atoms. The number of methoxy groups -OCH3 is 4. The summed E-state index contributed by atoms with van der Waals surface area (Å²) >= 11 is 2.40. The van der Waals surface area contributed by atoms with Gasteiger partial charge in [0.1, 0.15) is 0 Å². The average molecular weight is 494 g/mol. The van der Waals surface area contributed by atoms with E-state index in [1.54, 1.807) is 28.4 Å². The second kappa shape index (κ2) is 13.1. The molecule has 0 saturated heterocycles. The minimum atomic E-state index is 0.113. The Hall–Kier alpha value is -1.19. The molecular weight excluding hydrogens is 463 g/mol. The van der Waals surface area contributed by atoms with E-state index in [2.05, 4.69) is 35.6 Å². The van der Waals surface area contributed by atoms with Gasteiger partial charge in [-0.2, -0.15) is 0 Å². The lowest BCUT2D eigenvalue weighted by Crippen LogP contribution is -2.10. The number of benzene rings is 1. The molecule has 154 valence electrons. The highest BCUT2D eigenvalue weighted by molar-refractivity contribution is 14.1. The van der Waals surface area contributed by atoms with Crippen LogP contribution in [0, 0.1) is 6.92 Å². The molecule has 0 saturated carbocycles. The van der Waals surface area contributed by atoms with E-state index in [9.17, 15) is 0 Å². The first-order valence-corrected chi connectivity index (χ1v) is 10.3. The Bertz CT molecular complexity index is 615. The summed E-state index contributed by atoms with van der Waals surface area (Å²) in [6.07, 6.45) is 5.17. The van der Waals surface area contributed by atoms with Gasteiger partial charge in [-0.15, -0.1) is 0 Å². The number of allylic oxidation sites excluding steroid dienone is 2. The van der Waals surface area contributed by atoms with Gasteiger partial charge in [0, 0.05) is 25.3 Å². The monoisotopic (exact) mass is 494 g/mol. The van der Waals surface area contributed by atoms with Gasteiger partial charge in [-0.3, -0.25) is 0 Å². The fraction of sp³-hybridized carbons (Fsp3) is 0.600. The SMILES string of the molecule is COCOc1c(C)c(CC=C(C)CCCI)c(OCOC)c(OC)c1OC. The Labute approximate surface area is 176 Å². The maximum Gasteiger partial charge on any atom is 0.207 e. The molecule has 0 fully saturated rings. The van der Waals surface area contributed by atoms with Crippen LogP contribution in [-0.4, -0.2) is 46.5 Å². The molecule has 1 aromatic carbocycles. The van der Waals surface area contributed by atoms with E-state index in [-0.39, 0.29) is 13.6 Å². The number of ether oxygens (including phenoxy) is 6. The highest BCUT2D eigenvalue weighted by Crippen LogP contribution is 2.49. The Morgan fingerprint density at radius 3 is 1.96 bits per heavy atom. The minimum absolute atomic E-state index is 0.113. The summed E-state index contributed by atoms with van der Waals surface area (Å²) in [4.78, 5) is 0. The molecule has 1 rings (SSSR count). The minimum Gasteiger partial charge on any atom is -0.490 e. The molecule has 6 nitrogen and oxygen atoms in total. The summed E-state index contributed by atoms with van der Waals surface area (Å²) in [5, 5.41) is 0. The van der Waals surface area contributed by atoms with Crippen molar-refractivity contribution in [1.29, 1.82) is 0 Å². The van der Waals surface area contributed by atoms with Crippen LogP contribution < -0.4 is 18.9 Å². The van der Waals surface area contributed by atoms with Crippen LogP contribution in [0.25, 0.3) is 0 Å². The third kappa shape index (κ3) is 6.73. The van der Waals surface area contributed by atoms with Crippen molar-refractivity contribution in [2.75, 3.05) is 46.5 Å². The summed E-state index contributed by atoms with van der Waals surface area (Å²) in [6, 6.07) is 0. The van der Waals surface area contributed by atoms with Crippen molar-refractivity contribution < 1.29 is 28.4 Å². The van der Waals surface area contributed by atoms with Crippen molar-refractivity contribution in [2.45, 2.75) is 33.1 Å². The molecule has 0 aliphatic carbocycles. The van der Waals surface area contributed by atoms with Crippen LogP contribution in [-0.2, 0) is 15.9 Å². The van der Waals surface area contributed by atoms with Gasteiger partial charge in [0.2, 0.25) is 11.5 Å². The zero-order valence-corrected chi connectivity index (χ0v) is 19.3. The van der Waals surface area contributed by atoms with Gasteiger partial charge in [0.05, 0.1) is 14.2 Å². The topological polar surface area (TPSA) is 55.4 Å². The highest BCUT2D eigenvalue weighted by atomic mass is 127. The van der Waals surface area contributed by atoms with E-state index in [0.29, 0.717) is 29.4 Å². The number of halogens is 1. The van der Waals surface area contributed by atoms with Crippen LogP contribution in [0.3, 0.4) is 0 Å². The molecule has 0 heterocycles. The smallest absolute Gasteiger partial charge is 0.207 e. The molecule has 1 aromatic rings. The third-order valence-electron chi connectivity index (χ3n) is 4.10. The molecule has 0 amide bonds. The summed E-state index contributed by atoms with van der Waals surface area (Å²) in [6.45, 7) is 4.36. The van der Waals surface area contributed by atoms with Crippen molar-refractivity contribution in [2.24, 2.45) is 0 Å². The molecule has 0 unspecified atom stereocenters. The first-order chi connectivity index (χ1) is 13.0. The molecule has 0 bridgehead atoms. The molecule has 0 radical (unpaired) electrons. The van der Waals surface area contributed by atoms with Crippen LogP contribution in [0.2, 0.25) is 0 Å². The largest absolute Gasteiger partial charge is 0.490 e. The standard InChI is InChI=1S/C20H31IO6/c1-14(8-7-11-21)9-10-16-15(2)17(26-12-22-3)19(24-5)20(25-6)18(16)27-13-23-4/h9H,7-8,10-13H2,1-6H3. The van der Waals surface area contributed by atoms with Gasteiger partial charge >= 0.3 is 0 Å². The van der Waals surface area contributed by atoms with Crippen LogP contribution in [0.4, 0.5) is 0 Å². The van der Waals surface area contributed by atoms with E-state index >= 15 is 0 Å². The zero-order valence-electron chi connectivity index (χ0n) is 17.1. The van der Waals surface area contributed by atoms with Gasteiger partial charge in [0.15, 0.2) is 25.1 Å². The lowest BCUT2D eigenvalue weighted by atomic mass is 9.99. The lowest BCUT2D eigenvalue weighted by Gasteiger charge is -2.22. The molecule has 0 N–H and O–H groups in total. The van der Waals surface area contributed by atoms with E-state index in [1.807, 2.05) is 6.92 Å². The van der Waals surface area contributed by atoms with E-state index < -0.39 is 0 Å². The van der Waals surface area contributed by atoms with E-state index in [1.165, 1.54) is 12.0 Å². The zero-order chi connectivity index (χ0) is 20.2. The molecule has 27 heavy (non-hydrogen) atoms. The Kier molecular flexibility index (Phi) is 11.5. The van der Waals surface area contributed by atoms with Gasteiger partial charge in [-0.05, 0) is 37.5 Å². The Morgan fingerprint density at radius 2 is 1.44 bits per heavy atom. The quantitative estimate of drug-likeness (QED) is 0.172. The summed E-state index contributed by atoms with van der Waals surface area (Å²) in [7, 11) is 6.32. The van der Waals surface area contributed by atoms with Gasteiger partial charge in [0.25, 0.3) is 0 Å². The first-order valence-electron chi connectivity index (χ1n) is 8.78. The van der Waals surface area contributed by atoms with Crippen molar-refractivity contribution in [3.63, 3.8) is 0 Å². The van der Waals surface area contributed by atoms with Crippen molar-refractivity contribution >= 4 is 22.6 Å². The van der Waals surface area contributed by atoms with E-state index in [0.717, 1.165) is 22.0 Å². The number of rotatable bonds is 13. The predicted octanol–water partition coefficient (Wildman–Crippen LogP) is 4.68. The number of alkyl halides is 1. The lowest BCUT2D eigenvalue weighted by molar-refractivity contribution is 0.0439. The third-order valence-corrected chi connectivity index (χ3v) is 4.86. The second-order valence-electron chi connectivity index (χ2n) is 5.98. The normalized spacial score (nSPS) is 11.4.